The predicted octanol–water partition coefficient (Wildman–Crippen LogP) is 1.19. The fourth-order valence-corrected chi connectivity index (χ4v) is 1.46. The zero-order valence-corrected chi connectivity index (χ0v) is 10.3. The maximum atomic E-state index is 5.71. The molecule has 1 atom stereocenters. The average Bonchev–Trinajstić information content (AvgIpc) is 2.27. The van der Waals surface area contributed by atoms with E-state index in [0.29, 0.717) is 18.3 Å². The molecule has 90 valence electrons. The minimum absolute atomic E-state index is 0.207. The molecule has 0 aliphatic rings. The van der Waals surface area contributed by atoms with Crippen LogP contribution in [0.25, 0.3) is 0 Å². The van der Waals surface area contributed by atoms with Gasteiger partial charge in [0, 0.05) is 12.6 Å². The molecule has 1 aromatic rings. The minimum atomic E-state index is 0.207. The lowest BCUT2D eigenvalue weighted by atomic mass is 10.0. The van der Waals surface area contributed by atoms with Crippen LogP contribution in [0, 0.1) is 12.8 Å². The van der Waals surface area contributed by atoms with Gasteiger partial charge >= 0.3 is 0 Å². The van der Waals surface area contributed by atoms with Crippen LogP contribution in [0.15, 0.2) is 6.33 Å². The summed E-state index contributed by atoms with van der Waals surface area (Å²) in [6, 6.07) is 0.207. The van der Waals surface area contributed by atoms with Crippen molar-refractivity contribution < 1.29 is 4.74 Å². The normalized spacial score (nSPS) is 12.6. The number of hydrogen-bond acceptors (Lipinski definition) is 5. The molecular weight excluding hydrogens is 204 g/mol. The van der Waals surface area contributed by atoms with Crippen LogP contribution in [0.3, 0.4) is 0 Å². The Morgan fingerprint density at radius 3 is 2.62 bits per heavy atom. The van der Waals surface area contributed by atoms with Crippen molar-refractivity contribution in [3.63, 3.8) is 0 Å². The van der Waals surface area contributed by atoms with Gasteiger partial charge in [0.25, 0.3) is 0 Å². The standard InChI is InChI=1S/C11H20N4O/c1-7(2)9(5-12)15-10-8(3)11(16-4)14-6-13-10/h6-7,9H,5,12H2,1-4H3,(H,13,14,15). The van der Waals surface area contributed by atoms with Crippen LogP contribution in [0.4, 0.5) is 5.82 Å². The first-order chi connectivity index (χ1) is 7.60. The van der Waals surface area contributed by atoms with Gasteiger partial charge in [0.1, 0.15) is 12.1 Å². The van der Waals surface area contributed by atoms with E-state index in [1.807, 2.05) is 6.92 Å². The lowest BCUT2D eigenvalue weighted by molar-refractivity contribution is 0.393. The first-order valence-corrected chi connectivity index (χ1v) is 5.42. The molecule has 5 nitrogen and oxygen atoms in total. The van der Waals surface area contributed by atoms with Crippen LogP contribution in [0.5, 0.6) is 5.88 Å². The Hall–Kier alpha value is -1.36. The Morgan fingerprint density at radius 1 is 1.44 bits per heavy atom. The second-order valence-corrected chi connectivity index (χ2v) is 4.09. The summed E-state index contributed by atoms with van der Waals surface area (Å²) in [5.74, 6) is 1.83. The fraction of sp³-hybridized carbons (Fsp3) is 0.636. The number of nitrogens with zero attached hydrogens (tertiary/aromatic N) is 2. The summed E-state index contributed by atoms with van der Waals surface area (Å²) >= 11 is 0. The molecule has 3 N–H and O–H groups in total. The fourth-order valence-electron chi connectivity index (χ4n) is 1.46. The smallest absolute Gasteiger partial charge is 0.221 e. The number of aromatic nitrogens is 2. The van der Waals surface area contributed by atoms with Gasteiger partial charge in [0.15, 0.2) is 0 Å². The third kappa shape index (κ3) is 2.82. The van der Waals surface area contributed by atoms with Crippen molar-refractivity contribution in [2.24, 2.45) is 11.7 Å². The zero-order chi connectivity index (χ0) is 12.1. The SMILES string of the molecule is COc1ncnc(NC(CN)C(C)C)c1C. The van der Waals surface area contributed by atoms with Crippen LogP contribution in [0.2, 0.25) is 0 Å². The monoisotopic (exact) mass is 224 g/mol. The summed E-state index contributed by atoms with van der Waals surface area (Å²) in [4.78, 5) is 8.23. The van der Waals surface area contributed by atoms with Crippen LogP contribution < -0.4 is 15.8 Å². The number of rotatable bonds is 5. The summed E-state index contributed by atoms with van der Waals surface area (Å²) in [5.41, 5.74) is 6.61. The van der Waals surface area contributed by atoms with Crippen LogP contribution >= 0.6 is 0 Å². The topological polar surface area (TPSA) is 73.1 Å². The van der Waals surface area contributed by atoms with E-state index in [9.17, 15) is 0 Å². The quantitative estimate of drug-likeness (QED) is 0.786. The van der Waals surface area contributed by atoms with Gasteiger partial charge in [-0.25, -0.2) is 9.97 Å². The number of hydrogen-bond donors (Lipinski definition) is 2. The highest BCUT2D eigenvalue weighted by Gasteiger charge is 2.14. The lowest BCUT2D eigenvalue weighted by Gasteiger charge is -2.22. The zero-order valence-electron chi connectivity index (χ0n) is 10.3. The van der Waals surface area contributed by atoms with Gasteiger partial charge in [0.2, 0.25) is 5.88 Å². The summed E-state index contributed by atoms with van der Waals surface area (Å²) in [6.07, 6.45) is 1.49. The van der Waals surface area contributed by atoms with E-state index in [1.54, 1.807) is 7.11 Å². The lowest BCUT2D eigenvalue weighted by Crippen LogP contribution is -2.34. The number of methoxy groups -OCH3 is 1. The molecule has 0 saturated heterocycles. The molecule has 16 heavy (non-hydrogen) atoms. The Bertz CT molecular complexity index is 341. The van der Waals surface area contributed by atoms with Crippen molar-refractivity contribution in [3.8, 4) is 5.88 Å². The number of ether oxygens (including phenoxy) is 1. The highest BCUT2D eigenvalue weighted by Crippen LogP contribution is 2.21. The molecule has 0 aliphatic carbocycles. The van der Waals surface area contributed by atoms with E-state index in [0.717, 1.165) is 11.4 Å². The first kappa shape index (κ1) is 12.7. The molecule has 0 fully saturated rings. The van der Waals surface area contributed by atoms with Gasteiger partial charge in [-0.1, -0.05) is 13.8 Å². The summed E-state index contributed by atoms with van der Waals surface area (Å²) in [5, 5.41) is 3.32. The molecule has 0 bridgehead atoms. The molecule has 0 aliphatic heterocycles. The van der Waals surface area contributed by atoms with E-state index < -0.39 is 0 Å². The molecule has 0 amide bonds. The molecule has 1 aromatic heterocycles. The molecule has 0 radical (unpaired) electrons. The van der Waals surface area contributed by atoms with E-state index in [1.165, 1.54) is 6.33 Å². The number of anilines is 1. The molecular formula is C11H20N4O. The van der Waals surface area contributed by atoms with Gasteiger partial charge in [-0.2, -0.15) is 0 Å². The Labute approximate surface area is 96.4 Å². The second kappa shape index (κ2) is 5.65. The summed E-state index contributed by atoms with van der Waals surface area (Å²) < 4.78 is 5.14. The van der Waals surface area contributed by atoms with Crippen molar-refractivity contribution >= 4 is 5.82 Å². The average molecular weight is 224 g/mol. The predicted molar refractivity (Wildman–Crippen MR) is 64.6 cm³/mol. The minimum Gasteiger partial charge on any atom is -0.481 e. The van der Waals surface area contributed by atoms with Crippen molar-refractivity contribution in [1.29, 1.82) is 0 Å². The van der Waals surface area contributed by atoms with Crippen molar-refractivity contribution in [2.45, 2.75) is 26.8 Å². The maximum Gasteiger partial charge on any atom is 0.221 e. The Balaban J connectivity index is 2.88. The largest absolute Gasteiger partial charge is 0.481 e. The second-order valence-electron chi connectivity index (χ2n) is 4.09. The van der Waals surface area contributed by atoms with Gasteiger partial charge in [0.05, 0.1) is 12.7 Å². The van der Waals surface area contributed by atoms with Crippen molar-refractivity contribution in [1.82, 2.24) is 9.97 Å². The summed E-state index contributed by atoms with van der Waals surface area (Å²) in [7, 11) is 1.60. The molecule has 0 spiro atoms. The number of nitrogens with one attached hydrogen (secondary N) is 1. The summed E-state index contributed by atoms with van der Waals surface area (Å²) in [6.45, 7) is 6.75. The van der Waals surface area contributed by atoms with Gasteiger partial charge in [-0.15, -0.1) is 0 Å². The van der Waals surface area contributed by atoms with Crippen LogP contribution in [-0.4, -0.2) is 29.7 Å². The van der Waals surface area contributed by atoms with Gasteiger partial charge in [-0.3, -0.25) is 0 Å². The van der Waals surface area contributed by atoms with E-state index in [2.05, 4.69) is 29.1 Å². The van der Waals surface area contributed by atoms with Crippen molar-refractivity contribution in [2.75, 3.05) is 19.0 Å². The maximum absolute atomic E-state index is 5.71. The van der Waals surface area contributed by atoms with E-state index in [-0.39, 0.29) is 6.04 Å². The third-order valence-corrected chi connectivity index (χ3v) is 2.61. The van der Waals surface area contributed by atoms with Gasteiger partial charge < -0.3 is 15.8 Å². The highest BCUT2D eigenvalue weighted by molar-refractivity contribution is 5.48. The van der Waals surface area contributed by atoms with Crippen molar-refractivity contribution in [3.05, 3.63) is 11.9 Å². The Kier molecular flexibility index (Phi) is 4.49. The molecule has 1 rings (SSSR count). The van der Waals surface area contributed by atoms with E-state index >= 15 is 0 Å². The van der Waals surface area contributed by atoms with Gasteiger partial charge in [-0.05, 0) is 12.8 Å². The van der Waals surface area contributed by atoms with Crippen LogP contribution in [-0.2, 0) is 0 Å². The molecule has 5 heteroatoms. The highest BCUT2D eigenvalue weighted by atomic mass is 16.5. The molecule has 0 aromatic carbocycles. The Morgan fingerprint density at radius 2 is 2.12 bits per heavy atom. The number of nitrogens with two attached hydrogens (primary N) is 1. The first-order valence-electron chi connectivity index (χ1n) is 5.42. The molecule has 1 heterocycles. The third-order valence-electron chi connectivity index (χ3n) is 2.61. The van der Waals surface area contributed by atoms with Crippen LogP contribution in [0.1, 0.15) is 19.4 Å². The molecule has 1 unspecified atom stereocenters. The molecule has 0 saturated carbocycles. The van der Waals surface area contributed by atoms with E-state index in [4.69, 9.17) is 10.5 Å².